The van der Waals surface area contributed by atoms with Gasteiger partial charge in [0.05, 0.1) is 17.9 Å². The van der Waals surface area contributed by atoms with Crippen molar-refractivity contribution in [3.63, 3.8) is 0 Å². The highest BCUT2D eigenvalue weighted by Gasteiger charge is 2.39. The molecule has 1 aromatic heterocycles. The fraction of sp³-hybridized carbons (Fsp3) is 0.571. The Labute approximate surface area is 235 Å². The third kappa shape index (κ3) is 5.42. The van der Waals surface area contributed by atoms with Crippen LogP contribution in [0.3, 0.4) is 0 Å². The van der Waals surface area contributed by atoms with E-state index in [2.05, 4.69) is 48.9 Å². The molecule has 3 aliphatic rings. The second kappa shape index (κ2) is 11.4. The molecule has 2 heterocycles. The Bertz CT molecular complexity index is 1110. The maximum absolute atomic E-state index is 13.5. The molecule has 194 valence electrons. The highest BCUT2D eigenvalue weighted by atomic mass is 79.9. The Morgan fingerprint density at radius 2 is 1.67 bits per heavy atom. The van der Waals surface area contributed by atoms with Gasteiger partial charge in [0.2, 0.25) is 5.91 Å². The van der Waals surface area contributed by atoms with Crippen LogP contribution >= 0.6 is 43.5 Å². The van der Waals surface area contributed by atoms with E-state index in [0.29, 0.717) is 5.92 Å². The Balaban J connectivity index is 1.38. The van der Waals surface area contributed by atoms with Crippen molar-refractivity contribution >= 4 is 49.4 Å². The average Bonchev–Trinajstić information content (AvgIpc) is 3.04. The van der Waals surface area contributed by atoms with Crippen molar-refractivity contribution in [2.24, 2.45) is 11.8 Å². The smallest absolute Gasteiger partial charge is 0.225 e. The first-order chi connectivity index (χ1) is 17.4. The van der Waals surface area contributed by atoms with Crippen LogP contribution in [0.4, 0.5) is 0 Å². The van der Waals surface area contributed by atoms with Gasteiger partial charge < -0.3 is 14.4 Å². The Morgan fingerprint density at radius 1 is 1.00 bits per heavy atom. The van der Waals surface area contributed by atoms with Crippen LogP contribution in [0.2, 0.25) is 5.02 Å². The van der Waals surface area contributed by atoms with Crippen molar-refractivity contribution in [3.05, 3.63) is 60.7 Å². The largest absolute Gasteiger partial charge is 0.381 e. The maximum Gasteiger partial charge on any atom is 0.225 e. The first kappa shape index (κ1) is 26.6. The molecule has 2 aliphatic carbocycles. The lowest BCUT2D eigenvalue weighted by atomic mass is 9.76. The summed E-state index contributed by atoms with van der Waals surface area (Å²) in [7, 11) is 3.46. The minimum absolute atomic E-state index is 0.0279. The second-order valence-corrected chi connectivity index (χ2v) is 12.6. The second-order valence-electron chi connectivity index (χ2n) is 10.4. The van der Waals surface area contributed by atoms with E-state index in [1.165, 1.54) is 22.4 Å². The molecule has 0 bridgehead atoms. The number of aromatic nitrogens is 1. The zero-order valence-corrected chi connectivity index (χ0v) is 24.7. The predicted molar refractivity (Wildman–Crippen MR) is 149 cm³/mol. The summed E-state index contributed by atoms with van der Waals surface area (Å²) in [5.41, 5.74) is 5.08. The molecule has 5 nitrogen and oxygen atoms in total. The van der Waals surface area contributed by atoms with E-state index in [9.17, 15) is 4.79 Å². The van der Waals surface area contributed by atoms with E-state index in [1.807, 2.05) is 12.3 Å². The number of carbonyl (C=O) groups is 1. The van der Waals surface area contributed by atoms with Crippen molar-refractivity contribution in [1.82, 2.24) is 9.88 Å². The van der Waals surface area contributed by atoms with E-state index in [4.69, 9.17) is 26.1 Å². The molecular weight excluding hydrogens is 608 g/mol. The van der Waals surface area contributed by atoms with Crippen molar-refractivity contribution in [1.29, 1.82) is 0 Å². The predicted octanol–water partition coefficient (Wildman–Crippen LogP) is 6.56. The number of methoxy groups -OCH3 is 2. The first-order valence-electron chi connectivity index (χ1n) is 12.8. The Kier molecular flexibility index (Phi) is 8.43. The molecule has 36 heavy (non-hydrogen) atoms. The molecular formula is C28H33Br2ClN2O3. The normalized spacial score (nSPS) is 26.8. The Morgan fingerprint density at radius 3 is 2.33 bits per heavy atom. The fourth-order valence-electron chi connectivity index (χ4n) is 6.54. The molecule has 8 heteroatoms. The molecule has 0 spiro atoms. The first-order valence-corrected chi connectivity index (χ1v) is 14.8. The van der Waals surface area contributed by atoms with Crippen LogP contribution in [-0.4, -0.2) is 55.3 Å². The van der Waals surface area contributed by atoms with Crippen molar-refractivity contribution in [2.75, 3.05) is 27.3 Å². The topological polar surface area (TPSA) is 51.7 Å². The number of ether oxygens (including phenoxy) is 2. The van der Waals surface area contributed by atoms with Crippen LogP contribution in [0, 0.1) is 11.8 Å². The third-order valence-corrected chi connectivity index (χ3v) is 9.68. The van der Waals surface area contributed by atoms with E-state index >= 15 is 0 Å². The Hall–Kier alpha value is -0.990. The minimum Gasteiger partial charge on any atom is -0.381 e. The van der Waals surface area contributed by atoms with Crippen molar-refractivity contribution < 1.29 is 14.3 Å². The van der Waals surface area contributed by atoms with E-state index in [0.717, 1.165) is 72.0 Å². The molecule has 2 aromatic rings. The molecule has 3 atom stereocenters. The van der Waals surface area contributed by atoms with Gasteiger partial charge in [0, 0.05) is 59.3 Å². The van der Waals surface area contributed by atoms with Crippen molar-refractivity contribution in [2.45, 2.75) is 63.1 Å². The van der Waals surface area contributed by atoms with Crippen LogP contribution in [0.1, 0.15) is 60.4 Å². The zero-order chi connectivity index (χ0) is 25.4. The molecule has 5 rings (SSSR count). The average molecular weight is 641 g/mol. The van der Waals surface area contributed by atoms with Gasteiger partial charge >= 0.3 is 0 Å². The molecule has 2 unspecified atom stereocenters. The molecule has 2 fully saturated rings. The molecule has 1 aromatic carbocycles. The summed E-state index contributed by atoms with van der Waals surface area (Å²) < 4.78 is 13.3. The lowest BCUT2D eigenvalue weighted by Crippen LogP contribution is -2.46. The number of hydrogen-bond donors (Lipinski definition) is 0. The summed E-state index contributed by atoms with van der Waals surface area (Å²) in [6, 6.07) is 6.35. The number of halogens is 3. The molecule has 1 saturated heterocycles. The number of likely N-dealkylation sites (tertiary alicyclic amines) is 1. The molecule has 1 amide bonds. The van der Waals surface area contributed by atoms with Gasteiger partial charge in [0.15, 0.2) is 0 Å². The van der Waals surface area contributed by atoms with Gasteiger partial charge in [0.25, 0.3) is 0 Å². The highest BCUT2D eigenvalue weighted by molar-refractivity contribution is 9.10. The number of aryl methyl sites for hydroxylation is 2. The monoisotopic (exact) mass is 638 g/mol. The highest BCUT2D eigenvalue weighted by Crippen LogP contribution is 2.46. The summed E-state index contributed by atoms with van der Waals surface area (Å²) in [6.07, 6.45) is 8.31. The molecule has 1 aliphatic heterocycles. The lowest BCUT2D eigenvalue weighted by Gasteiger charge is -2.40. The number of benzene rings is 1. The number of fused-ring (bicyclic) bond motifs is 2. The van der Waals surface area contributed by atoms with E-state index in [-0.39, 0.29) is 30.0 Å². The number of hydrogen-bond acceptors (Lipinski definition) is 4. The van der Waals surface area contributed by atoms with Gasteiger partial charge in [0.1, 0.15) is 0 Å². The van der Waals surface area contributed by atoms with Crippen molar-refractivity contribution in [3.8, 4) is 0 Å². The van der Waals surface area contributed by atoms with Crippen LogP contribution in [-0.2, 0) is 27.1 Å². The maximum atomic E-state index is 13.5. The number of pyridine rings is 1. The zero-order valence-electron chi connectivity index (χ0n) is 20.8. The van der Waals surface area contributed by atoms with Gasteiger partial charge in [-0.2, -0.15) is 0 Å². The SMILES string of the molecule is COC1CC(OC)CC(C(=O)N2CCC([C@H]3c4ncc(Br)cc4CCc4cc(Cl)cc(Br)c43)CC2)C1. The summed E-state index contributed by atoms with van der Waals surface area (Å²) in [5, 5.41) is 0.760. The van der Waals surface area contributed by atoms with Crippen LogP contribution < -0.4 is 0 Å². The van der Waals surface area contributed by atoms with Gasteiger partial charge in [-0.05, 0) is 102 Å². The van der Waals surface area contributed by atoms with Crippen LogP contribution in [0.15, 0.2) is 33.3 Å². The number of carbonyl (C=O) groups excluding carboxylic acids is 1. The van der Waals surface area contributed by atoms with Gasteiger partial charge in [-0.15, -0.1) is 0 Å². The van der Waals surface area contributed by atoms with Gasteiger partial charge in [-0.1, -0.05) is 27.5 Å². The molecule has 0 radical (unpaired) electrons. The van der Waals surface area contributed by atoms with Crippen LogP contribution in [0.25, 0.3) is 0 Å². The molecule has 0 N–H and O–H groups in total. The fourth-order valence-corrected chi connectivity index (χ4v) is 8.04. The molecule has 1 saturated carbocycles. The number of amides is 1. The number of piperidine rings is 1. The number of rotatable bonds is 4. The van der Waals surface area contributed by atoms with Crippen LogP contribution in [0.5, 0.6) is 0 Å². The van der Waals surface area contributed by atoms with Gasteiger partial charge in [-0.3, -0.25) is 9.78 Å². The summed E-state index contributed by atoms with van der Waals surface area (Å²) in [6.45, 7) is 1.55. The minimum atomic E-state index is -0.0279. The lowest BCUT2D eigenvalue weighted by molar-refractivity contribution is -0.142. The third-order valence-electron chi connectivity index (χ3n) is 8.38. The summed E-state index contributed by atoms with van der Waals surface area (Å²) >= 11 is 13.9. The summed E-state index contributed by atoms with van der Waals surface area (Å²) in [5.74, 6) is 0.814. The number of nitrogens with zero attached hydrogens (tertiary/aromatic N) is 2. The van der Waals surface area contributed by atoms with Gasteiger partial charge in [-0.25, -0.2) is 0 Å². The van der Waals surface area contributed by atoms with E-state index in [1.54, 1.807) is 14.2 Å². The summed E-state index contributed by atoms with van der Waals surface area (Å²) in [4.78, 5) is 20.5. The quantitative estimate of drug-likeness (QED) is 0.380. The van der Waals surface area contributed by atoms with E-state index < -0.39 is 0 Å². The standard InChI is InChI=1S/C28H33Br2ClN2O3/c1-35-22-11-19(12-23(14-22)36-2)28(34)33-7-5-16(6-8-33)26-25-17(10-21(31)13-24(25)30)3-4-18-9-20(29)15-32-27(18)26/h9-10,13,15-16,19,22-23,26H,3-8,11-12,14H2,1-2H3/t19?,22?,23?,26-/m1/s1.